The topological polar surface area (TPSA) is 96.5 Å². The van der Waals surface area contributed by atoms with Crippen LogP contribution in [0.2, 0.25) is 0 Å². The molecule has 2 rings (SSSR count). The second-order valence-corrected chi connectivity index (χ2v) is 6.90. The number of amides is 3. The second kappa shape index (κ2) is 10.8. The maximum absolute atomic E-state index is 12.4. The number of nitrogens with one attached hydrogen (secondary N) is 3. The molecule has 1 atom stereocenters. The average Bonchev–Trinajstić information content (AvgIpc) is 2.71. The molecule has 0 saturated carbocycles. The number of benzene rings is 2. The number of ether oxygens (including phenoxy) is 1. The monoisotopic (exact) mass is 397 g/mol. The molecule has 0 aliphatic heterocycles. The van der Waals surface area contributed by atoms with Gasteiger partial charge < -0.3 is 20.7 Å². The number of para-hydroxylation sites is 1. The lowest BCUT2D eigenvalue weighted by molar-refractivity contribution is -0.150. The third kappa shape index (κ3) is 7.29. The van der Waals surface area contributed by atoms with Crippen LogP contribution in [0.1, 0.15) is 26.3 Å². The first-order chi connectivity index (χ1) is 13.9. The minimum atomic E-state index is -0.880. The predicted molar refractivity (Wildman–Crippen MR) is 113 cm³/mol. The largest absolute Gasteiger partial charge is 0.454 e. The Bertz CT molecular complexity index is 837. The van der Waals surface area contributed by atoms with Crippen molar-refractivity contribution in [2.75, 3.05) is 17.2 Å². The van der Waals surface area contributed by atoms with E-state index in [1.54, 1.807) is 44.2 Å². The Morgan fingerprint density at radius 3 is 2.28 bits per heavy atom. The normalized spacial score (nSPS) is 11.4. The van der Waals surface area contributed by atoms with E-state index in [0.717, 1.165) is 12.0 Å². The lowest BCUT2D eigenvalue weighted by Crippen LogP contribution is -2.47. The third-order valence-electron chi connectivity index (χ3n) is 4.20. The van der Waals surface area contributed by atoms with E-state index in [1.807, 2.05) is 31.2 Å². The number of rotatable bonds is 8. The van der Waals surface area contributed by atoms with Gasteiger partial charge in [0.15, 0.2) is 6.61 Å². The van der Waals surface area contributed by atoms with Crippen LogP contribution in [0.25, 0.3) is 0 Å². The van der Waals surface area contributed by atoms with E-state index in [4.69, 9.17) is 4.74 Å². The van der Waals surface area contributed by atoms with Gasteiger partial charge in [-0.1, -0.05) is 51.1 Å². The predicted octanol–water partition coefficient (Wildman–Crippen LogP) is 3.58. The highest BCUT2D eigenvalue weighted by Crippen LogP contribution is 2.11. The minimum Gasteiger partial charge on any atom is -0.454 e. The molecule has 0 aliphatic carbocycles. The highest BCUT2D eigenvalue weighted by Gasteiger charge is 2.26. The van der Waals surface area contributed by atoms with Gasteiger partial charge in [-0.05, 0) is 42.2 Å². The summed E-state index contributed by atoms with van der Waals surface area (Å²) in [6, 6.07) is 14.9. The van der Waals surface area contributed by atoms with Crippen molar-refractivity contribution in [2.24, 2.45) is 5.92 Å². The zero-order valence-corrected chi connectivity index (χ0v) is 16.9. The molecule has 3 amide bonds. The van der Waals surface area contributed by atoms with Gasteiger partial charge in [-0.15, -0.1) is 0 Å². The van der Waals surface area contributed by atoms with Crippen LogP contribution in [-0.4, -0.2) is 30.6 Å². The van der Waals surface area contributed by atoms with Gasteiger partial charge in [0, 0.05) is 11.4 Å². The van der Waals surface area contributed by atoms with Gasteiger partial charge in [0.1, 0.15) is 6.04 Å². The lowest BCUT2D eigenvalue weighted by atomic mass is 10.1. The number of urea groups is 1. The summed E-state index contributed by atoms with van der Waals surface area (Å²) in [4.78, 5) is 36.6. The van der Waals surface area contributed by atoms with Gasteiger partial charge >= 0.3 is 12.0 Å². The highest BCUT2D eigenvalue weighted by atomic mass is 16.5. The van der Waals surface area contributed by atoms with Crippen molar-refractivity contribution >= 4 is 29.3 Å². The molecule has 2 aromatic carbocycles. The number of hydrogen-bond acceptors (Lipinski definition) is 4. The smallest absolute Gasteiger partial charge is 0.329 e. The van der Waals surface area contributed by atoms with Crippen LogP contribution in [0.3, 0.4) is 0 Å². The molecular weight excluding hydrogens is 370 g/mol. The summed E-state index contributed by atoms with van der Waals surface area (Å²) < 4.78 is 5.11. The van der Waals surface area contributed by atoms with Crippen LogP contribution >= 0.6 is 0 Å². The SMILES string of the molecule is CCc1cccc(NC(=O)COC(=O)[C@H](NC(=O)Nc2ccccc2)C(C)C)c1. The van der Waals surface area contributed by atoms with Crippen LogP contribution < -0.4 is 16.0 Å². The summed E-state index contributed by atoms with van der Waals surface area (Å²) in [5, 5.41) is 7.95. The van der Waals surface area contributed by atoms with Crippen molar-refractivity contribution in [1.82, 2.24) is 5.32 Å². The zero-order chi connectivity index (χ0) is 21.2. The van der Waals surface area contributed by atoms with Crippen LogP contribution in [0, 0.1) is 5.92 Å². The van der Waals surface area contributed by atoms with Gasteiger partial charge in [0.2, 0.25) is 0 Å². The summed E-state index contributed by atoms with van der Waals surface area (Å²) in [7, 11) is 0. The summed E-state index contributed by atoms with van der Waals surface area (Å²) in [5.74, 6) is -1.32. The maximum Gasteiger partial charge on any atom is 0.329 e. The molecule has 154 valence electrons. The number of aryl methyl sites for hydroxylation is 1. The molecule has 0 aromatic heterocycles. The Morgan fingerprint density at radius 1 is 0.931 bits per heavy atom. The van der Waals surface area contributed by atoms with E-state index in [-0.39, 0.29) is 5.92 Å². The fourth-order valence-electron chi connectivity index (χ4n) is 2.62. The molecule has 0 unspecified atom stereocenters. The molecule has 0 heterocycles. The Kier molecular flexibility index (Phi) is 8.21. The first-order valence-electron chi connectivity index (χ1n) is 9.57. The molecule has 0 saturated heterocycles. The van der Waals surface area contributed by atoms with Crippen molar-refractivity contribution in [3.8, 4) is 0 Å². The van der Waals surface area contributed by atoms with Gasteiger partial charge in [0.25, 0.3) is 5.91 Å². The number of carbonyl (C=O) groups excluding carboxylic acids is 3. The molecule has 0 radical (unpaired) electrons. The summed E-state index contributed by atoms with van der Waals surface area (Å²) in [5.41, 5.74) is 2.34. The first kappa shape index (κ1) is 21.9. The van der Waals surface area contributed by atoms with E-state index in [0.29, 0.717) is 11.4 Å². The molecule has 0 aliphatic rings. The molecule has 29 heavy (non-hydrogen) atoms. The Hall–Kier alpha value is -3.35. The average molecular weight is 397 g/mol. The number of esters is 1. The second-order valence-electron chi connectivity index (χ2n) is 6.90. The molecular formula is C22H27N3O4. The Labute approximate surface area is 170 Å². The minimum absolute atomic E-state index is 0.215. The molecule has 0 spiro atoms. The molecule has 7 nitrogen and oxygen atoms in total. The number of hydrogen-bond donors (Lipinski definition) is 3. The van der Waals surface area contributed by atoms with E-state index < -0.39 is 30.6 Å². The van der Waals surface area contributed by atoms with E-state index in [9.17, 15) is 14.4 Å². The van der Waals surface area contributed by atoms with Gasteiger partial charge in [-0.2, -0.15) is 0 Å². The van der Waals surface area contributed by atoms with Crippen molar-refractivity contribution in [1.29, 1.82) is 0 Å². The molecule has 0 bridgehead atoms. The van der Waals surface area contributed by atoms with Crippen LogP contribution in [-0.2, 0) is 20.7 Å². The number of anilines is 2. The Balaban J connectivity index is 1.86. The van der Waals surface area contributed by atoms with Crippen molar-refractivity contribution in [2.45, 2.75) is 33.2 Å². The molecule has 2 aromatic rings. The standard InChI is InChI=1S/C22H27N3O4/c1-4-16-9-8-12-18(13-16)23-19(26)14-29-21(27)20(15(2)3)25-22(28)24-17-10-6-5-7-11-17/h5-13,15,20H,4,14H2,1-3H3,(H,23,26)(H2,24,25,28)/t20-/m1/s1. The van der Waals surface area contributed by atoms with E-state index >= 15 is 0 Å². The highest BCUT2D eigenvalue weighted by molar-refractivity contribution is 5.95. The first-order valence-corrected chi connectivity index (χ1v) is 9.57. The molecule has 3 N–H and O–H groups in total. The van der Waals surface area contributed by atoms with Gasteiger partial charge in [0.05, 0.1) is 0 Å². The van der Waals surface area contributed by atoms with Crippen LogP contribution in [0.4, 0.5) is 16.2 Å². The zero-order valence-electron chi connectivity index (χ0n) is 16.9. The quantitative estimate of drug-likeness (QED) is 0.593. The summed E-state index contributed by atoms with van der Waals surface area (Å²) in [6.45, 7) is 5.16. The molecule has 7 heteroatoms. The van der Waals surface area contributed by atoms with Crippen molar-refractivity contribution in [3.63, 3.8) is 0 Å². The van der Waals surface area contributed by atoms with Crippen molar-refractivity contribution in [3.05, 3.63) is 60.2 Å². The fraction of sp³-hybridized carbons (Fsp3) is 0.318. The molecule has 0 fully saturated rings. The fourth-order valence-corrected chi connectivity index (χ4v) is 2.62. The summed E-state index contributed by atoms with van der Waals surface area (Å²) in [6.07, 6.45) is 0.853. The lowest BCUT2D eigenvalue weighted by Gasteiger charge is -2.21. The maximum atomic E-state index is 12.4. The van der Waals surface area contributed by atoms with Gasteiger partial charge in [-0.3, -0.25) is 4.79 Å². The number of carbonyl (C=O) groups is 3. The summed E-state index contributed by atoms with van der Waals surface area (Å²) >= 11 is 0. The Morgan fingerprint density at radius 2 is 1.62 bits per heavy atom. The van der Waals surface area contributed by atoms with Crippen molar-refractivity contribution < 1.29 is 19.1 Å². The third-order valence-corrected chi connectivity index (χ3v) is 4.20. The van der Waals surface area contributed by atoms with E-state index in [2.05, 4.69) is 16.0 Å². The van der Waals surface area contributed by atoms with Crippen LogP contribution in [0.15, 0.2) is 54.6 Å². The van der Waals surface area contributed by atoms with E-state index in [1.165, 1.54) is 0 Å². The van der Waals surface area contributed by atoms with Gasteiger partial charge in [-0.25, -0.2) is 9.59 Å². The van der Waals surface area contributed by atoms with Crippen LogP contribution in [0.5, 0.6) is 0 Å².